The van der Waals surface area contributed by atoms with Crippen LogP contribution >= 0.6 is 0 Å². The molecule has 0 amide bonds. The summed E-state index contributed by atoms with van der Waals surface area (Å²) in [7, 11) is 0. The molecule has 2 aromatic rings. The van der Waals surface area contributed by atoms with Crippen molar-refractivity contribution in [3.63, 3.8) is 0 Å². The van der Waals surface area contributed by atoms with E-state index in [-0.39, 0.29) is 0 Å². The number of aromatic nitrogens is 3. The van der Waals surface area contributed by atoms with Crippen LogP contribution in [0, 0.1) is 19.8 Å². The summed E-state index contributed by atoms with van der Waals surface area (Å²) in [5, 5.41) is 5.68. The Bertz CT molecular complexity index is 596. The van der Waals surface area contributed by atoms with Gasteiger partial charge in [0.05, 0.1) is 5.69 Å². The van der Waals surface area contributed by atoms with Crippen LogP contribution < -0.4 is 0 Å². The largest absolute Gasteiger partial charge is 0.396 e. The monoisotopic (exact) mass is 246 g/mol. The molecule has 2 atom stereocenters. The molecule has 0 aliphatic heterocycles. The molecular formula is C14H19N3O. The first kappa shape index (κ1) is 10.5. The van der Waals surface area contributed by atoms with Crippen LogP contribution in [-0.2, 0) is 0 Å². The van der Waals surface area contributed by atoms with E-state index < -0.39 is 0 Å². The first-order valence-corrected chi connectivity index (χ1v) is 6.59. The molecule has 1 aliphatic rings. The van der Waals surface area contributed by atoms with Crippen LogP contribution in [0.2, 0.25) is 0 Å². The molecule has 0 saturated heterocycles. The zero-order valence-corrected chi connectivity index (χ0v) is 10.9. The molecule has 4 heteroatoms. The van der Waals surface area contributed by atoms with Crippen LogP contribution in [0.3, 0.4) is 0 Å². The van der Waals surface area contributed by atoms with Gasteiger partial charge in [-0.05, 0) is 45.1 Å². The van der Waals surface area contributed by atoms with Crippen molar-refractivity contribution in [1.82, 2.24) is 14.5 Å². The molecule has 2 aromatic heterocycles. The summed E-state index contributed by atoms with van der Waals surface area (Å²) in [4.78, 5) is 9.01. The fraction of sp³-hybridized carbons (Fsp3) is 0.571. The van der Waals surface area contributed by atoms with Crippen LogP contribution in [0.4, 0.5) is 0 Å². The second kappa shape index (κ2) is 4.35. The molecule has 96 valence electrons. The van der Waals surface area contributed by atoms with Crippen molar-refractivity contribution < 1.29 is 5.11 Å². The van der Waals surface area contributed by atoms with Crippen LogP contribution in [-0.4, -0.2) is 27.7 Å². The lowest BCUT2D eigenvalue weighted by Gasteiger charge is -2.14. The highest BCUT2D eigenvalue weighted by Crippen LogP contribution is 2.36. The van der Waals surface area contributed by atoms with Crippen molar-refractivity contribution in [2.75, 3.05) is 6.61 Å². The number of rotatable bonds is 3. The van der Waals surface area contributed by atoms with Crippen LogP contribution in [0.15, 0.2) is 12.3 Å². The van der Waals surface area contributed by atoms with Crippen molar-refractivity contribution in [1.29, 1.82) is 1.43 Å². The topological polar surface area (TPSA) is 50.9 Å². The Morgan fingerprint density at radius 3 is 3.17 bits per heavy atom. The second-order valence-corrected chi connectivity index (χ2v) is 5.32. The predicted octanol–water partition coefficient (Wildman–Crippen LogP) is 2.38. The van der Waals surface area contributed by atoms with E-state index in [4.69, 9.17) is 1.43 Å². The van der Waals surface area contributed by atoms with Crippen LogP contribution in [0.25, 0.3) is 11.0 Å². The Morgan fingerprint density at radius 1 is 1.44 bits per heavy atom. The number of fused-ring (bicyclic) bond motifs is 1. The van der Waals surface area contributed by atoms with Gasteiger partial charge in [0.25, 0.3) is 0 Å². The Morgan fingerprint density at radius 2 is 2.33 bits per heavy atom. The molecule has 3 rings (SSSR count). The maximum absolute atomic E-state index is 6.87. The smallest absolute Gasteiger partial charge is 0.210 e. The number of aryl methyl sites for hydroxylation is 2. The number of hydrogen-bond donors (Lipinski definition) is 1. The highest BCUT2D eigenvalue weighted by atomic mass is 16.3. The van der Waals surface area contributed by atoms with E-state index in [2.05, 4.69) is 31.9 Å². The van der Waals surface area contributed by atoms with Gasteiger partial charge < -0.3 is 9.68 Å². The van der Waals surface area contributed by atoms with Crippen molar-refractivity contribution in [2.45, 2.75) is 39.2 Å². The first-order valence-electron chi connectivity index (χ1n) is 6.99. The normalized spacial score (nSPS) is 24.7. The highest BCUT2D eigenvalue weighted by Gasteiger charge is 2.26. The molecule has 1 saturated carbocycles. The molecule has 4 nitrogen and oxygen atoms in total. The fourth-order valence-corrected chi connectivity index (χ4v) is 3.07. The summed E-state index contributed by atoms with van der Waals surface area (Å²) < 4.78 is 9.15. The number of nitrogens with zero attached hydrogens (tertiary/aromatic N) is 3. The molecule has 0 unspecified atom stereocenters. The summed E-state index contributed by atoms with van der Waals surface area (Å²) in [6.45, 7) is 4.52. The Balaban J connectivity index is 1.94. The van der Waals surface area contributed by atoms with E-state index in [1.165, 1.54) is 0 Å². The Labute approximate surface area is 108 Å². The first-order chi connectivity index (χ1) is 9.19. The summed E-state index contributed by atoms with van der Waals surface area (Å²) in [6.07, 6.45) is 5.47. The molecule has 18 heavy (non-hydrogen) atoms. The standard InChI is InChI=1S/C14H19N3O/c1-9-13-5-6-17(14(13)16-10(2)15-9)12-4-3-11(7-12)8-18/h5-6,11-12,18H,3-4,7-8H2,1-2H3/t11-,12+/m0/s1/i18D. The molecule has 1 N–H and O–H groups in total. The van der Waals surface area contributed by atoms with Gasteiger partial charge in [-0.3, -0.25) is 0 Å². The minimum absolute atomic E-state index is 0.478. The van der Waals surface area contributed by atoms with Gasteiger partial charge in [0.2, 0.25) is 1.43 Å². The molecule has 0 bridgehead atoms. The van der Waals surface area contributed by atoms with E-state index in [1.807, 2.05) is 13.8 Å². The van der Waals surface area contributed by atoms with E-state index in [0.29, 0.717) is 18.6 Å². The highest BCUT2D eigenvalue weighted by molar-refractivity contribution is 5.78. The maximum atomic E-state index is 6.87. The van der Waals surface area contributed by atoms with Gasteiger partial charge in [0.1, 0.15) is 11.5 Å². The van der Waals surface area contributed by atoms with Gasteiger partial charge in [0, 0.05) is 24.2 Å². The van der Waals surface area contributed by atoms with E-state index >= 15 is 0 Å². The van der Waals surface area contributed by atoms with Crippen LogP contribution in [0.1, 0.15) is 36.8 Å². The van der Waals surface area contributed by atoms with Crippen LogP contribution in [0.5, 0.6) is 0 Å². The van der Waals surface area contributed by atoms with Gasteiger partial charge >= 0.3 is 0 Å². The van der Waals surface area contributed by atoms with E-state index in [0.717, 1.165) is 41.8 Å². The molecule has 0 radical (unpaired) electrons. The third-order valence-electron chi connectivity index (χ3n) is 4.02. The molecule has 0 spiro atoms. The van der Waals surface area contributed by atoms with E-state index in [9.17, 15) is 0 Å². The van der Waals surface area contributed by atoms with Gasteiger partial charge in [-0.2, -0.15) is 0 Å². The minimum atomic E-state index is 0.478. The molecule has 1 fully saturated rings. The summed E-state index contributed by atoms with van der Waals surface area (Å²) in [5.41, 5.74) is 2.09. The summed E-state index contributed by atoms with van der Waals surface area (Å²) in [6, 6.07) is 2.59. The summed E-state index contributed by atoms with van der Waals surface area (Å²) in [5.74, 6) is 1.33. The lowest BCUT2D eigenvalue weighted by Crippen LogP contribution is -2.07. The Hall–Kier alpha value is -1.42. The van der Waals surface area contributed by atoms with Crippen molar-refractivity contribution in [2.24, 2.45) is 5.92 Å². The molecule has 2 heterocycles. The summed E-state index contributed by atoms with van der Waals surface area (Å²) >= 11 is 0. The second-order valence-electron chi connectivity index (χ2n) is 5.32. The lowest BCUT2D eigenvalue weighted by molar-refractivity contribution is 0.226. The quantitative estimate of drug-likeness (QED) is 0.904. The van der Waals surface area contributed by atoms with E-state index in [1.54, 1.807) is 0 Å². The van der Waals surface area contributed by atoms with Gasteiger partial charge in [-0.1, -0.05) is 0 Å². The molecule has 1 aliphatic carbocycles. The third kappa shape index (κ3) is 1.81. The van der Waals surface area contributed by atoms with Gasteiger partial charge in [-0.15, -0.1) is 0 Å². The van der Waals surface area contributed by atoms with Crippen molar-refractivity contribution in [3.8, 4) is 0 Å². The number of aliphatic hydroxyl groups excluding tert-OH is 1. The predicted molar refractivity (Wildman–Crippen MR) is 70.5 cm³/mol. The average Bonchev–Trinajstić information content (AvgIpc) is 2.95. The SMILES string of the molecule is [2H]OC[C@H]1CC[C@@H](n2ccc3c(C)nc(C)nc32)C1. The third-order valence-corrected chi connectivity index (χ3v) is 4.02. The molecule has 0 aromatic carbocycles. The Kier molecular flexibility index (Phi) is 2.54. The number of hydrogen-bond acceptors (Lipinski definition) is 3. The minimum Gasteiger partial charge on any atom is -0.396 e. The number of aliphatic hydroxyl groups is 1. The van der Waals surface area contributed by atoms with Crippen molar-refractivity contribution in [3.05, 3.63) is 23.8 Å². The zero-order chi connectivity index (χ0) is 13.4. The van der Waals surface area contributed by atoms with Gasteiger partial charge in [-0.25, -0.2) is 9.97 Å². The average molecular weight is 246 g/mol. The lowest BCUT2D eigenvalue weighted by atomic mass is 10.1. The maximum Gasteiger partial charge on any atom is 0.210 e. The fourth-order valence-electron chi connectivity index (χ4n) is 3.07. The van der Waals surface area contributed by atoms with Gasteiger partial charge in [0.15, 0.2) is 0 Å². The molecular weight excluding hydrogens is 226 g/mol. The van der Waals surface area contributed by atoms with Crippen molar-refractivity contribution >= 4 is 11.0 Å². The zero-order valence-electron chi connectivity index (χ0n) is 11.9.